The van der Waals surface area contributed by atoms with Crippen molar-refractivity contribution in [3.8, 4) is 0 Å². The summed E-state index contributed by atoms with van der Waals surface area (Å²) in [4.78, 5) is 31.0. The van der Waals surface area contributed by atoms with Gasteiger partial charge >= 0.3 is 6.03 Å². The number of likely N-dealkylation sites (tertiary alicyclic amines) is 1. The number of amides is 3. The molecule has 3 amide bonds. The van der Waals surface area contributed by atoms with Gasteiger partial charge in [0.05, 0.1) is 23.6 Å². The van der Waals surface area contributed by atoms with Crippen molar-refractivity contribution in [3.63, 3.8) is 0 Å². The lowest BCUT2D eigenvalue weighted by atomic mass is 10.0. The highest BCUT2D eigenvalue weighted by Crippen LogP contribution is 2.36. The molecule has 3 aliphatic heterocycles. The molecule has 3 aliphatic rings. The molecule has 3 fully saturated rings. The average molecular weight is 440 g/mol. The number of hydrogen-bond acceptors (Lipinski definition) is 4. The molecular weight excluding hydrogens is 414 g/mol. The number of hydrogen-bond donors (Lipinski definition) is 0. The summed E-state index contributed by atoms with van der Waals surface area (Å²) in [6.07, 6.45) is 3.01. The fourth-order valence-electron chi connectivity index (χ4n) is 4.70. The fraction of sp³-hybridized carbons (Fsp3) is 0.600. The molecule has 1 aromatic rings. The van der Waals surface area contributed by atoms with Gasteiger partial charge in [0.15, 0.2) is 9.84 Å². The Balaban J connectivity index is 1.63. The molecule has 0 spiro atoms. The van der Waals surface area contributed by atoms with Crippen LogP contribution < -0.4 is 4.90 Å². The van der Waals surface area contributed by atoms with Crippen LogP contribution in [0.1, 0.15) is 31.7 Å². The van der Waals surface area contributed by atoms with Gasteiger partial charge < -0.3 is 9.80 Å². The molecule has 0 N–H and O–H groups in total. The molecule has 0 saturated carbocycles. The second-order valence-electron chi connectivity index (χ2n) is 8.36. The Bertz CT molecular complexity index is 951. The predicted octanol–water partition coefficient (Wildman–Crippen LogP) is 2.46. The molecule has 3 saturated heterocycles. The number of carbonyl (C=O) groups excluding carboxylic acids is 2. The van der Waals surface area contributed by atoms with Gasteiger partial charge in [-0.3, -0.25) is 9.69 Å². The summed E-state index contributed by atoms with van der Waals surface area (Å²) in [5, 5.41) is 0.518. The maximum Gasteiger partial charge on any atom is 0.325 e. The van der Waals surface area contributed by atoms with Gasteiger partial charge in [0.1, 0.15) is 6.54 Å². The molecule has 3 heterocycles. The lowest BCUT2D eigenvalue weighted by Gasteiger charge is -2.35. The molecular formula is C20H26ClN3O4S. The first kappa shape index (κ1) is 20.5. The van der Waals surface area contributed by atoms with Gasteiger partial charge in [-0.1, -0.05) is 17.7 Å². The second kappa shape index (κ2) is 7.47. The van der Waals surface area contributed by atoms with Crippen LogP contribution in [-0.2, 0) is 14.6 Å². The van der Waals surface area contributed by atoms with Crippen LogP contribution in [0.2, 0.25) is 5.02 Å². The Morgan fingerprint density at radius 1 is 1.21 bits per heavy atom. The van der Waals surface area contributed by atoms with Crippen LogP contribution in [-0.4, -0.2) is 72.9 Å². The normalized spacial score (nSPS) is 28.7. The van der Waals surface area contributed by atoms with Crippen LogP contribution >= 0.6 is 11.6 Å². The highest BCUT2D eigenvalue weighted by Gasteiger charge is 2.54. The zero-order valence-electron chi connectivity index (χ0n) is 16.7. The summed E-state index contributed by atoms with van der Waals surface area (Å²) in [6, 6.07) is 4.08. The highest BCUT2D eigenvalue weighted by atomic mass is 35.5. The summed E-state index contributed by atoms with van der Waals surface area (Å²) in [7, 11) is -3.29. The molecule has 0 aliphatic carbocycles. The highest BCUT2D eigenvalue weighted by molar-refractivity contribution is 7.91. The van der Waals surface area contributed by atoms with E-state index in [1.165, 1.54) is 9.80 Å². The topological polar surface area (TPSA) is 78.0 Å². The number of fused-ring (bicyclic) bond motifs is 1. The van der Waals surface area contributed by atoms with Crippen molar-refractivity contribution in [1.82, 2.24) is 9.80 Å². The smallest absolute Gasteiger partial charge is 0.325 e. The van der Waals surface area contributed by atoms with Crippen molar-refractivity contribution in [2.24, 2.45) is 0 Å². The second-order valence-corrected chi connectivity index (χ2v) is 10.9. The third-order valence-electron chi connectivity index (χ3n) is 6.34. The Morgan fingerprint density at radius 3 is 2.62 bits per heavy atom. The van der Waals surface area contributed by atoms with Crippen molar-refractivity contribution in [3.05, 3.63) is 28.8 Å². The van der Waals surface area contributed by atoms with Gasteiger partial charge in [0, 0.05) is 23.3 Å². The molecule has 0 aromatic heterocycles. The number of halogens is 1. The minimum absolute atomic E-state index is 0.0873. The van der Waals surface area contributed by atoms with Crippen LogP contribution in [0, 0.1) is 6.92 Å². The van der Waals surface area contributed by atoms with E-state index in [9.17, 15) is 18.0 Å². The molecule has 29 heavy (non-hydrogen) atoms. The molecule has 7 nitrogen and oxygen atoms in total. The Labute approximate surface area is 176 Å². The van der Waals surface area contributed by atoms with Gasteiger partial charge in [-0.25, -0.2) is 13.2 Å². The zero-order valence-corrected chi connectivity index (χ0v) is 18.2. The third kappa shape index (κ3) is 3.72. The number of piperidine rings is 1. The van der Waals surface area contributed by atoms with Crippen molar-refractivity contribution in [2.75, 3.05) is 29.5 Å². The van der Waals surface area contributed by atoms with E-state index in [-0.39, 0.29) is 36.0 Å². The van der Waals surface area contributed by atoms with Crippen LogP contribution in [0.3, 0.4) is 0 Å². The molecule has 1 aromatic carbocycles. The minimum Gasteiger partial charge on any atom is -0.338 e. The van der Waals surface area contributed by atoms with E-state index in [1.807, 2.05) is 24.8 Å². The first-order valence-electron chi connectivity index (χ1n) is 10.0. The maximum atomic E-state index is 13.3. The number of urea groups is 1. The summed E-state index contributed by atoms with van der Waals surface area (Å²) >= 11 is 6.25. The zero-order chi connectivity index (χ0) is 20.9. The van der Waals surface area contributed by atoms with Gasteiger partial charge in [0.25, 0.3) is 0 Å². The van der Waals surface area contributed by atoms with E-state index in [1.54, 1.807) is 12.1 Å². The first-order valence-corrected chi connectivity index (χ1v) is 12.2. The summed E-state index contributed by atoms with van der Waals surface area (Å²) < 4.78 is 24.7. The monoisotopic (exact) mass is 439 g/mol. The van der Waals surface area contributed by atoms with E-state index in [0.29, 0.717) is 17.3 Å². The van der Waals surface area contributed by atoms with Gasteiger partial charge in [-0.05, 0) is 50.8 Å². The maximum absolute atomic E-state index is 13.3. The van der Waals surface area contributed by atoms with Crippen LogP contribution in [0.15, 0.2) is 18.2 Å². The van der Waals surface area contributed by atoms with Gasteiger partial charge in [0.2, 0.25) is 5.91 Å². The number of benzene rings is 1. The van der Waals surface area contributed by atoms with Crippen LogP contribution in [0.5, 0.6) is 0 Å². The van der Waals surface area contributed by atoms with Gasteiger partial charge in [-0.15, -0.1) is 0 Å². The summed E-state index contributed by atoms with van der Waals surface area (Å²) in [6.45, 7) is 4.49. The number of rotatable bonds is 3. The number of aryl methyl sites for hydroxylation is 1. The largest absolute Gasteiger partial charge is 0.338 e. The molecule has 0 bridgehead atoms. The summed E-state index contributed by atoms with van der Waals surface area (Å²) in [5.74, 6) is -0.320. The lowest BCUT2D eigenvalue weighted by molar-refractivity contribution is -0.135. The van der Waals surface area contributed by atoms with Crippen LogP contribution in [0.4, 0.5) is 10.5 Å². The van der Waals surface area contributed by atoms with Crippen molar-refractivity contribution in [2.45, 2.75) is 51.2 Å². The number of carbonyl (C=O) groups is 2. The molecule has 9 heteroatoms. The van der Waals surface area contributed by atoms with E-state index < -0.39 is 21.9 Å². The Hall–Kier alpha value is -1.80. The predicted molar refractivity (Wildman–Crippen MR) is 112 cm³/mol. The minimum atomic E-state index is -3.29. The van der Waals surface area contributed by atoms with E-state index in [0.717, 1.165) is 24.8 Å². The number of sulfone groups is 1. The molecule has 0 radical (unpaired) electrons. The lowest BCUT2D eigenvalue weighted by Crippen LogP contribution is -2.49. The quantitative estimate of drug-likeness (QED) is 0.678. The molecule has 3 atom stereocenters. The summed E-state index contributed by atoms with van der Waals surface area (Å²) in [5.41, 5.74) is 1.45. The van der Waals surface area contributed by atoms with E-state index in [2.05, 4.69) is 0 Å². The van der Waals surface area contributed by atoms with Crippen LogP contribution in [0.25, 0.3) is 0 Å². The van der Waals surface area contributed by atoms with E-state index in [4.69, 9.17) is 11.6 Å². The molecule has 158 valence electrons. The van der Waals surface area contributed by atoms with Crippen molar-refractivity contribution >= 4 is 39.1 Å². The Morgan fingerprint density at radius 2 is 1.93 bits per heavy atom. The SMILES string of the molecule is Cc1ccc(N2C(=O)N(CC(=O)N3CCCCC3C)C3CS(=O)(=O)CC32)cc1Cl. The van der Waals surface area contributed by atoms with Gasteiger partial charge in [-0.2, -0.15) is 0 Å². The average Bonchev–Trinajstić information content (AvgIpc) is 3.08. The molecule has 4 rings (SSSR count). The number of nitrogens with zero attached hydrogens (tertiary/aromatic N) is 3. The standard InChI is InChI=1S/C20H26ClN3O4S/c1-13-6-7-15(9-16(13)21)24-18-12-29(27,28)11-17(18)23(20(24)26)10-19(25)22-8-4-3-5-14(22)2/h6-7,9,14,17-18H,3-5,8,10-12H2,1-2H3. The van der Waals surface area contributed by atoms with Crippen molar-refractivity contribution < 1.29 is 18.0 Å². The number of anilines is 1. The molecule has 3 unspecified atom stereocenters. The fourth-order valence-corrected chi connectivity index (χ4v) is 6.83. The Kier molecular flexibility index (Phi) is 5.27. The first-order chi connectivity index (χ1) is 13.7. The van der Waals surface area contributed by atoms with E-state index >= 15 is 0 Å². The van der Waals surface area contributed by atoms with Crippen molar-refractivity contribution in [1.29, 1.82) is 0 Å². The third-order valence-corrected chi connectivity index (χ3v) is 8.45.